The molecule has 0 heterocycles. The van der Waals surface area contributed by atoms with Crippen molar-refractivity contribution in [2.24, 2.45) is 0 Å². The van der Waals surface area contributed by atoms with Gasteiger partial charge in [-0.3, -0.25) is 20.2 Å². The van der Waals surface area contributed by atoms with E-state index < -0.39 is 21.2 Å². The van der Waals surface area contributed by atoms with Crippen LogP contribution in [0.3, 0.4) is 0 Å². The number of nitrogens with zero attached hydrogens (tertiary/aromatic N) is 2. The minimum absolute atomic E-state index is 0.510. The van der Waals surface area contributed by atoms with Crippen molar-refractivity contribution in [2.45, 2.75) is 19.8 Å². The maximum Gasteiger partial charge on any atom is 0.346 e. The molecule has 0 atom stereocenters. The molecule has 0 aromatic heterocycles. The van der Waals surface area contributed by atoms with Crippen LogP contribution >= 0.6 is 0 Å². The molecular weight excluding hydrogens is 322 g/mol. The number of anilines is 1. The zero-order chi connectivity index (χ0) is 18.2. The lowest BCUT2D eigenvalue weighted by Gasteiger charge is -2.05. The molecule has 0 aliphatic heterocycles. The molecule has 130 valence electrons. The van der Waals surface area contributed by atoms with Crippen LogP contribution in [-0.2, 0) is 0 Å². The molecule has 0 aliphatic carbocycles. The summed E-state index contributed by atoms with van der Waals surface area (Å²) in [6.07, 6.45) is 5.74. The highest BCUT2D eigenvalue weighted by Gasteiger charge is 2.23. The van der Waals surface area contributed by atoms with Crippen molar-refractivity contribution in [3.63, 3.8) is 0 Å². The SMILES string of the molecule is CCCCNc1ccc(C=Cc2ccc([N+](=O)[O-])c([N+](=O)[O-])c2)cc1. The molecular formula is C18H19N3O4. The molecule has 0 unspecified atom stereocenters. The van der Waals surface area contributed by atoms with Gasteiger partial charge in [-0.05, 0) is 35.7 Å². The number of nitro benzene ring substituents is 2. The average Bonchev–Trinajstić information content (AvgIpc) is 2.61. The van der Waals surface area contributed by atoms with Gasteiger partial charge in [0.15, 0.2) is 0 Å². The fourth-order valence-electron chi connectivity index (χ4n) is 2.26. The summed E-state index contributed by atoms with van der Waals surface area (Å²) in [4.78, 5) is 20.3. The highest BCUT2D eigenvalue weighted by atomic mass is 16.6. The van der Waals surface area contributed by atoms with Crippen LogP contribution in [0.25, 0.3) is 12.2 Å². The summed E-state index contributed by atoms with van der Waals surface area (Å²) in [6, 6.07) is 11.6. The lowest BCUT2D eigenvalue weighted by molar-refractivity contribution is -0.422. The minimum Gasteiger partial charge on any atom is -0.385 e. The van der Waals surface area contributed by atoms with Gasteiger partial charge in [-0.2, -0.15) is 0 Å². The molecule has 0 fully saturated rings. The number of hydrogen-bond donors (Lipinski definition) is 1. The largest absolute Gasteiger partial charge is 0.385 e. The van der Waals surface area contributed by atoms with Gasteiger partial charge >= 0.3 is 11.4 Å². The molecule has 0 radical (unpaired) electrons. The van der Waals surface area contributed by atoms with Gasteiger partial charge in [0.25, 0.3) is 0 Å². The summed E-state index contributed by atoms with van der Waals surface area (Å²) in [6.45, 7) is 3.07. The van der Waals surface area contributed by atoms with Gasteiger partial charge in [0, 0.05) is 24.4 Å². The van der Waals surface area contributed by atoms with Crippen molar-refractivity contribution >= 4 is 29.2 Å². The van der Waals surface area contributed by atoms with Crippen LogP contribution in [0, 0.1) is 20.2 Å². The third kappa shape index (κ3) is 5.13. The van der Waals surface area contributed by atoms with Crippen LogP contribution in [0.2, 0.25) is 0 Å². The molecule has 0 saturated carbocycles. The van der Waals surface area contributed by atoms with Crippen molar-refractivity contribution < 1.29 is 9.85 Å². The first-order chi connectivity index (χ1) is 12.0. The summed E-state index contributed by atoms with van der Waals surface area (Å²) in [5, 5.41) is 25.1. The molecule has 0 amide bonds. The summed E-state index contributed by atoms with van der Waals surface area (Å²) in [5.41, 5.74) is 1.48. The van der Waals surface area contributed by atoms with E-state index in [9.17, 15) is 20.2 Å². The Morgan fingerprint density at radius 1 is 0.920 bits per heavy atom. The van der Waals surface area contributed by atoms with Gasteiger partial charge in [-0.25, -0.2) is 0 Å². The van der Waals surface area contributed by atoms with Gasteiger partial charge in [0.1, 0.15) is 0 Å². The molecule has 2 rings (SSSR count). The summed E-state index contributed by atoms with van der Waals surface area (Å²) in [5.74, 6) is 0. The smallest absolute Gasteiger partial charge is 0.346 e. The molecule has 1 N–H and O–H groups in total. The number of nitrogens with one attached hydrogen (secondary N) is 1. The lowest BCUT2D eigenvalue weighted by atomic mass is 10.1. The maximum absolute atomic E-state index is 11.0. The van der Waals surface area contributed by atoms with E-state index in [1.165, 1.54) is 12.1 Å². The first-order valence-corrected chi connectivity index (χ1v) is 7.96. The molecule has 7 heteroatoms. The normalized spacial score (nSPS) is 10.8. The Morgan fingerprint density at radius 3 is 2.12 bits per heavy atom. The number of nitro groups is 2. The van der Waals surface area contributed by atoms with Crippen molar-refractivity contribution in [3.8, 4) is 0 Å². The quantitative estimate of drug-likeness (QED) is 0.319. The Balaban J connectivity index is 2.12. The van der Waals surface area contributed by atoms with Gasteiger partial charge in [-0.15, -0.1) is 0 Å². The Hall–Kier alpha value is -3.22. The van der Waals surface area contributed by atoms with E-state index in [4.69, 9.17) is 0 Å². The highest BCUT2D eigenvalue weighted by Crippen LogP contribution is 2.28. The second-order valence-corrected chi connectivity index (χ2v) is 5.50. The first kappa shape index (κ1) is 18.1. The fraction of sp³-hybridized carbons (Fsp3) is 0.222. The highest BCUT2D eigenvalue weighted by molar-refractivity contribution is 5.73. The van der Waals surface area contributed by atoms with E-state index in [0.29, 0.717) is 5.56 Å². The topological polar surface area (TPSA) is 98.3 Å². The number of rotatable bonds is 8. The predicted octanol–water partition coefficient (Wildman–Crippen LogP) is 4.89. The maximum atomic E-state index is 11.0. The lowest BCUT2D eigenvalue weighted by Crippen LogP contribution is -2.00. The molecule has 2 aromatic rings. The number of hydrogen-bond acceptors (Lipinski definition) is 5. The number of unbranched alkanes of at least 4 members (excludes halogenated alkanes) is 1. The van der Waals surface area contributed by atoms with Crippen LogP contribution in [0.5, 0.6) is 0 Å². The second kappa shape index (κ2) is 8.58. The van der Waals surface area contributed by atoms with E-state index in [1.807, 2.05) is 24.3 Å². The van der Waals surface area contributed by atoms with Crippen molar-refractivity contribution in [1.29, 1.82) is 0 Å². The fourth-order valence-corrected chi connectivity index (χ4v) is 2.26. The van der Waals surface area contributed by atoms with Crippen molar-refractivity contribution in [1.82, 2.24) is 0 Å². The molecule has 7 nitrogen and oxygen atoms in total. The van der Waals surface area contributed by atoms with Gasteiger partial charge in [-0.1, -0.05) is 37.6 Å². The molecule has 2 aromatic carbocycles. The van der Waals surface area contributed by atoms with E-state index >= 15 is 0 Å². The third-order valence-electron chi connectivity index (χ3n) is 3.63. The van der Waals surface area contributed by atoms with Crippen LogP contribution in [-0.4, -0.2) is 16.4 Å². The van der Waals surface area contributed by atoms with E-state index in [0.717, 1.165) is 36.7 Å². The third-order valence-corrected chi connectivity index (χ3v) is 3.63. The first-order valence-electron chi connectivity index (χ1n) is 7.96. The predicted molar refractivity (Wildman–Crippen MR) is 98.5 cm³/mol. The summed E-state index contributed by atoms with van der Waals surface area (Å²) in [7, 11) is 0. The van der Waals surface area contributed by atoms with Gasteiger partial charge in [0.05, 0.1) is 9.85 Å². The standard InChI is InChI=1S/C18H19N3O4/c1-2-3-12-19-16-9-6-14(7-10-16)4-5-15-8-11-17(20(22)23)18(13-15)21(24)25/h4-11,13,19H,2-3,12H2,1H3. The monoisotopic (exact) mass is 341 g/mol. The summed E-state index contributed by atoms with van der Waals surface area (Å²) >= 11 is 0. The minimum atomic E-state index is -0.754. The van der Waals surface area contributed by atoms with Crippen molar-refractivity contribution in [3.05, 3.63) is 73.8 Å². The van der Waals surface area contributed by atoms with Gasteiger partial charge < -0.3 is 5.32 Å². The van der Waals surface area contributed by atoms with E-state index in [2.05, 4.69) is 12.2 Å². The Morgan fingerprint density at radius 2 is 1.52 bits per heavy atom. The van der Waals surface area contributed by atoms with E-state index in [-0.39, 0.29) is 0 Å². The Kier molecular flexibility index (Phi) is 6.22. The summed E-state index contributed by atoms with van der Waals surface area (Å²) < 4.78 is 0. The van der Waals surface area contributed by atoms with Crippen LogP contribution in [0.1, 0.15) is 30.9 Å². The zero-order valence-corrected chi connectivity index (χ0v) is 13.8. The average molecular weight is 341 g/mol. The Bertz CT molecular complexity index is 785. The van der Waals surface area contributed by atoms with Crippen LogP contribution in [0.4, 0.5) is 17.1 Å². The molecule has 0 bridgehead atoms. The number of benzene rings is 2. The molecule has 0 saturated heterocycles. The van der Waals surface area contributed by atoms with Gasteiger partial charge in [0.2, 0.25) is 0 Å². The zero-order valence-electron chi connectivity index (χ0n) is 13.8. The second-order valence-electron chi connectivity index (χ2n) is 5.50. The van der Waals surface area contributed by atoms with Crippen molar-refractivity contribution in [2.75, 3.05) is 11.9 Å². The molecule has 0 aliphatic rings. The van der Waals surface area contributed by atoms with Crippen LogP contribution < -0.4 is 5.32 Å². The van der Waals surface area contributed by atoms with Crippen LogP contribution in [0.15, 0.2) is 42.5 Å². The molecule has 0 spiro atoms. The van der Waals surface area contributed by atoms with E-state index in [1.54, 1.807) is 12.2 Å². The Labute approximate surface area is 145 Å². The molecule has 25 heavy (non-hydrogen) atoms.